The Morgan fingerprint density at radius 3 is 3.00 bits per heavy atom. The maximum atomic E-state index is 5.46. The fourth-order valence-corrected chi connectivity index (χ4v) is 1.71. The Morgan fingerprint density at radius 2 is 2.54 bits per heavy atom. The molecule has 5 heteroatoms. The molecule has 0 aliphatic heterocycles. The lowest BCUT2D eigenvalue weighted by Gasteiger charge is -2.28. The summed E-state index contributed by atoms with van der Waals surface area (Å²) in [7, 11) is 0. The first kappa shape index (κ1) is 8.65. The van der Waals surface area contributed by atoms with Crippen LogP contribution < -0.4 is 11.3 Å². The van der Waals surface area contributed by atoms with Gasteiger partial charge in [-0.05, 0) is 12.3 Å². The summed E-state index contributed by atoms with van der Waals surface area (Å²) < 4.78 is 0. The Balaban J connectivity index is 1.92. The maximum absolute atomic E-state index is 5.46. The van der Waals surface area contributed by atoms with Crippen LogP contribution in [0.5, 0.6) is 0 Å². The Hall–Kier alpha value is -0.940. The first-order chi connectivity index (χ1) is 6.40. The van der Waals surface area contributed by atoms with Crippen LogP contribution in [-0.2, 0) is 0 Å². The minimum atomic E-state index is 0.157. The van der Waals surface area contributed by atoms with Crippen molar-refractivity contribution in [1.82, 2.24) is 20.8 Å². The average Bonchev–Trinajstić information content (AvgIpc) is 2.55. The van der Waals surface area contributed by atoms with Crippen molar-refractivity contribution in [1.29, 1.82) is 0 Å². The van der Waals surface area contributed by atoms with Crippen molar-refractivity contribution in [2.75, 3.05) is 0 Å². The van der Waals surface area contributed by atoms with E-state index in [2.05, 4.69) is 20.8 Å². The van der Waals surface area contributed by atoms with Crippen LogP contribution in [0.2, 0.25) is 0 Å². The predicted octanol–water partition coefficient (Wildman–Crippen LogP) is 0.499. The van der Waals surface area contributed by atoms with Crippen LogP contribution in [0.1, 0.15) is 37.4 Å². The van der Waals surface area contributed by atoms with Crippen LogP contribution in [0.4, 0.5) is 0 Å². The third kappa shape index (κ3) is 1.87. The zero-order valence-corrected chi connectivity index (χ0v) is 7.53. The molecular formula is C8H15N5. The summed E-state index contributed by atoms with van der Waals surface area (Å²) >= 11 is 0. The summed E-state index contributed by atoms with van der Waals surface area (Å²) in [5.41, 5.74) is 3.69. The predicted molar refractivity (Wildman–Crippen MR) is 48.4 cm³/mol. The Labute approximate surface area is 77.1 Å². The molecule has 2 rings (SSSR count). The van der Waals surface area contributed by atoms with Crippen LogP contribution >= 0.6 is 0 Å². The number of hydrogen-bond donors (Lipinski definition) is 3. The minimum Gasteiger partial charge on any atom is -0.271 e. The molecule has 1 fully saturated rings. The zero-order valence-electron chi connectivity index (χ0n) is 7.53. The molecule has 5 nitrogen and oxygen atoms in total. The normalized spacial score (nSPS) is 19.8. The van der Waals surface area contributed by atoms with Crippen molar-refractivity contribution in [3.05, 3.63) is 11.9 Å². The van der Waals surface area contributed by atoms with Gasteiger partial charge < -0.3 is 0 Å². The van der Waals surface area contributed by atoms with E-state index in [1.807, 2.05) is 0 Å². The van der Waals surface area contributed by atoms with Crippen molar-refractivity contribution in [3.8, 4) is 0 Å². The highest BCUT2D eigenvalue weighted by Gasteiger charge is 2.23. The van der Waals surface area contributed by atoms with E-state index in [0.29, 0.717) is 0 Å². The summed E-state index contributed by atoms with van der Waals surface area (Å²) in [5.74, 6) is 6.28. The van der Waals surface area contributed by atoms with Gasteiger partial charge in [0.15, 0.2) is 0 Å². The number of H-pyrrole nitrogens is 1. The van der Waals surface area contributed by atoms with Crippen molar-refractivity contribution in [2.24, 2.45) is 11.8 Å². The number of hydrogen-bond acceptors (Lipinski definition) is 4. The monoisotopic (exact) mass is 181 g/mol. The van der Waals surface area contributed by atoms with Gasteiger partial charge in [-0.15, -0.1) is 0 Å². The van der Waals surface area contributed by atoms with Crippen molar-refractivity contribution in [2.45, 2.75) is 31.7 Å². The number of aromatic nitrogens is 3. The third-order valence-electron chi connectivity index (χ3n) is 2.79. The van der Waals surface area contributed by atoms with Crippen LogP contribution in [0.15, 0.2) is 6.20 Å². The number of nitrogens with zero attached hydrogens (tertiary/aromatic N) is 2. The van der Waals surface area contributed by atoms with Crippen LogP contribution in [0.25, 0.3) is 0 Å². The largest absolute Gasteiger partial charge is 0.271 e. The molecule has 0 amide bonds. The van der Waals surface area contributed by atoms with Gasteiger partial charge in [-0.1, -0.05) is 19.3 Å². The lowest BCUT2D eigenvalue weighted by molar-refractivity contribution is 0.260. The summed E-state index contributed by atoms with van der Waals surface area (Å²) in [6.07, 6.45) is 6.82. The number of nitrogens with one attached hydrogen (secondary N) is 2. The lowest BCUT2D eigenvalue weighted by Crippen LogP contribution is -2.31. The van der Waals surface area contributed by atoms with Crippen molar-refractivity contribution in [3.63, 3.8) is 0 Å². The SMILES string of the molecule is NNC(CC1CCC1)c1cn[nH]n1. The maximum Gasteiger partial charge on any atom is 0.101 e. The van der Waals surface area contributed by atoms with Crippen LogP contribution in [0.3, 0.4) is 0 Å². The molecule has 1 aliphatic rings. The summed E-state index contributed by atoms with van der Waals surface area (Å²) in [4.78, 5) is 0. The standard InChI is InChI=1S/C8H15N5/c9-11-7(4-6-2-1-3-6)8-5-10-13-12-8/h5-7,11H,1-4,9H2,(H,10,12,13). The van der Waals surface area contributed by atoms with E-state index in [9.17, 15) is 0 Å². The van der Waals surface area contributed by atoms with Gasteiger partial charge in [-0.2, -0.15) is 15.4 Å². The zero-order chi connectivity index (χ0) is 9.10. The topological polar surface area (TPSA) is 79.6 Å². The molecule has 0 saturated heterocycles. The van der Waals surface area contributed by atoms with Crippen molar-refractivity contribution >= 4 is 0 Å². The highest BCUT2D eigenvalue weighted by atomic mass is 15.3. The van der Waals surface area contributed by atoms with Gasteiger partial charge in [0.2, 0.25) is 0 Å². The van der Waals surface area contributed by atoms with Gasteiger partial charge in [0.05, 0.1) is 12.2 Å². The molecule has 1 atom stereocenters. The number of rotatable bonds is 4. The van der Waals surface area contributed by atoms with E-state index in [1.165, 1.54) is 19.3 Å². The second-order valence-electron chi connectivity index (χ2n) is 3.65. The molecule has 0 aromatic carbocycles. The van der Waals surface area contributed by atoms with Crippen molar-refractivity contribution < 1.29 is 0 Å². The van der Waals surface area contributed by atoms with E-state index < -0.39 is 0 Å². The van der Waals surface area contributed by atoms with Gasteiger partial charge >= 0.3 is 0 Å². The summed E-state index contributed by atoms with van der Waals surface area (Å²) in [6.45, 7) is 0. The summed E-state index contributed by atoms with van der Waals surface area (Å²) in [5, 5.41) is 10.4. The molecule has 0 radical (unpaired) electrons. The molecule has 1 aromatic rings. The Bertz CT molecular complexity index is 241. The van der Waals surface area contributed by atoms with Gasteiger partial charge in [-0.25, -0.2) is 0 Å². The molecule has 1 unspecified atom stereocenters. The fraction of sp³-hybridized carbons (Fsp3) is 0.750. The molecule has 1 saturated carbocycles. The number of hydrazine groups is 1. The Morgan fingerprint density at radius 1 is 1.69 bits per heavy atom. The molecule has 0 spiro atoms. The van der Waals surface area contributed by atoms with Crippen LogP contribution in [0, 0.1) is 5.92 Å². The highest BCUT2D eigenvalue weighted by Crippen LogP contribution is 2.33. The lowest BCUT2D eigenvalue weighted by atomic mass is 9.80. The molecule has 4 N–H and O–H groups in total. The third-order valence-corrected chi connectivity index (χ3v) is 2.79. The van der Waals surface area contributed by atoms with E-state index in [0.717, 1.165) is 18.0 Å². The molecule has 1 aromatic heterocycles. The summed E-state index contributed by atoms with van der Waals surface area (Å²) in [6, 6.07) is 0.157. The van der Waals surface area contributed by atoms with E-state index in [1.54, 1.807) is 6.20 Å². The first-order valence-corrected chi connectivity index (χ1v) is 4.72. The molecule has 0 bridgehead atoms. The second kappa shape index (κ2) is 3.85. The number of aromatic amines is 1. The molecule has 13 heavy (non-hydrogen) atoms. The molecule has 72 valence electrons. The van der Waals surface area contributed by atoms with E-state index >= 15 is 0 Å². The van der Waals surface area contributed by atoms with Gasteiger partial charge in [0.25, 0.3) is 0 Å². The highest BCUT2D eigenvalue weighted by molar-refractivity contribution is 4.99. The second-order valence-corrected chi connectivity index (χ2v) is 3.65. The number of nitrogens with two attached hydrogens (primary N) is 1. The average molecular weight is 181 g/mol. The Kier molecular flexibility index (Phi) is 2.56. The van der Waals surface area contributed by atoms with E-state index in [-0.39, 0.29) is 6.04 Å². The first-order valence-electron chi connectivity index (χ1n) is 4.72. The van der Waals surface area contributed by atoms with Gasteiger partial charge in [0.1, 0.15) is 5.69 Å². The molecule has 1 heterocycles. The van der Waals surface area contributed by atoms with E-state index in [4.69, 9.17) is 5.84 Å². The van der Waals surface area contributed by atoms with Gasteiger partial charge in [-0.3, -0.25) is 11.3 Å². The van der Waals surface area contributed by atoms with Gasteiger partial charge in [0, 0.05) is 0 Å². The fourth-order valence-electron chi connectivity index (χ4n) is 1.71. The molecular weight excluding hydrogens is 166 g/mol. The van der Waals surface area contributed by atoms with Crippen LogP contribution in [-0.4, -0.2) is 15.4 Å². The smallest absolute Gasteiger partial charge is 0.101 e. The quantitative estimate of drug-likeness (QED) is 0.467. The molecule has 1 aliphatic carbocycles. The minimum absolute atomic E-state index is 0.157.